The van der Waals surface area contributed by atoms with Gasteiger partial charge in [-0.2, -0.15) is 0 Å². The van der Waals surface area contributed by atoms with Crippen molar-refractivity contribution in [1.29, 1.82) is 0 Å². The molecule has 0 spiro atoms. The van der Waals surface area contributed by atoms with E-state index in [0.717, 1.165) is 32.5 Å². The van der Waals surface area contributed by atoms with Gasteiger partial charge in [-0.1, -0.05) is 26.0 Å². The molecular formula is C18H28FN3O2. The molecule has 6 heteroatoms. The van der Waals surface area contributed by atoms with E-state index in [-0.39, 0.29) is 17.6 Å². The molecular weight excluding hydrogens is 309 g/mol. The molecule has 0 heterocycles. The van der Waals surface area contributed by atoms with Crippen molar-refractivity contribution in [1.82, 2.24) is 10.2 Å². The van der Waals surface area contributed by atoms with Crippen LogP contribution in [0.2, 0.25) is 0 Å². The number of amides is 1. The number of benzene rings is 1. The van der Waals surface area contributed by atoms with E-state index < -0.39 is 11.7 Å². The normalized spacial score (nSPS) is 13.0. The van der Waals surface area contributed by atoms with Gasteiger partial charge in [0.05, 0.1) is 18.7 Å². The van der Waals surface area contributed by atoms with Gasteiger partial charge in [0.1, 0.15) is 5.82 Å². The zero-order valence-electron chi connectivity index (χ0n) is 15.0. The van der Waals surface area contributed by atoms with Crippen LogP contribution in [0.4, 0.5) is 4.39 Å². The molecule has 0 bridgehead atoms. The molecule has 5 nitrogen and oxygen atoms in total. The Hall–Kier alpha value is -1.95. The lowest BCUT2D eigenvalue weighted by molar-refractivity contribution is 0.0964. The molecule has 0 aromatic heterocycles. The van der Waals surface area contributed by atoms with Gasteiger partial charge in [-0.3, -0.25) is 10.1 Å². The molecule has 0 fully saturated rings. The molecule has 1 N–H and O–H groups in total. The maximum absolute atomic E-state index is 13.6. The lowest BCUT2D eigenvalue weighted by Gasteiger charge is -2.18. The first-order chi connectivity index (χ1) is 11.5. The number of aliphatic imine (C=N–C) groups is 1. The van der Waals surface area contributed by atoms with Crippen LogP contribution in [-0.4, -0.2) is 49.6 Å². The van der Waals surface area contributed by atoms with Crippen LogP contribution in [0.5, 0.6) is 0 Å². The van der Waals surface area contributed by atoms with Crippen molar-refractivity contribution >= 4 is 11.9 Å². The Labute approximate surface area is 143 Å². The van der Waals surface area contributed by atoms with Gasteiger partial charge in [0.2, 0.25) is 0 Å². The predicted octanol–water partition coefficient (Wildman–Crippen LogP) is 3.07. The molecule has 0 aliphatic heterocycles. The summed E-state index contributed by atoms with van der Waals surface area (Å²) >= 11 is 0. The minimum Gasteiger partial charge on any atom is -0.468 e. The summed E-state index contributed by atoms with van der Waals surface area (Å²) in [6, 6.07) is 5.93. The van der Waals surface area contributed by atoms with Crippen LogP contribution in [0.3, 0.4) is 0 Å². The molecule has 1 amide bonds. The third-order valence-corrected chi connectivity index (χ3v) is 3.86. The molecule has 24 heavy (non-hydrogen) atoms. The van der Waals surface area contributed by atoms with E-state index in [9.17, 15) is 9.18 Å². The molecule has 0 radical (unpaired) electrons. The van der Waals surface area contributed by atoms with Crippen LogP contribution in [0.25, 0.3) is 0 Å². The number of halogens is 1. The average molecular weight is 337 g/mol. The van der Waals surface area contributed by atoms with Crippen LogP contribution in [-0.2, 0) is 4.74 Å². The maximum Gasteiger partial charge on any atom is 0.291 e. The summed E-state index contributed by atoms with van der Waals surface area (Å²) in [7, 11) is 1.43. The largest absolute Gasteiger partial charge is 0.468 e. The smallest absolute Gasteiger partial charge is 0.291 e. The molecule has 1 aromatic carbocycles. The van der Waals surface area contributed by atoms with E-state index in [4.69, 9.17) is 4.74 Å². The number of methoxy groups -OCH3 is 1. The van der Waals surface area contributed by atoms with Crippen molar-refractivity contribution in [3.05, 3.63) is 35.6 Å². The van der Waals surface area contributed by atoms with Crippen LogP contribution < -0.4 is 5.32 Å². The minimum absolute atomic E-state index is 0.0106. The fourth-order valence-corrected chi connectivity index (χ4v) is 2.36. The van der Waals surface area contributed by atoms with Gasteiger partial charge in [0, 0.05) is 0 Å². The Morgan fingerprint density at radius 1 is 1.33 bits per heavy atom. The fraction of sp³-hybridized carbons (Fsp3) is 0.556. The van der Waals surface area contributed by atoms with E-state index in [2.05, 4.69) is 29.1 Å². The molecule has 0 unspecified atom stereocenters. The molecule has 0 aliphatic rings. The SMILES string of the molecule is CCN(CC)CCC[C@@H](C)N=C(NC(=O)c1ccccc1F)OC. The van der Waals surface area contributed by atoms with Gasteiger partial charge in [0.25, 0.3) is 11.9 Å². The van der Waals surface area contributed by atoms with Gasteiger partial charge in [-0.15, -0.1) is 0 Å². The van der Waals surface area contributed by atoms with Crippen LogP contribution in [0.15, 0.2) is 29.3 Å². The summed E-state index contributed by atoms with van der Waals surface area (Å²) in [5.74, 6) is -1.14. The number of nitrogens with one attached hydrogen (secondary N) is 1. The van der Waals surface area contributed by atoms with E-state index in [1.54, 1.807) is 6.07 Å². The standard InChI is InChI=1S/C18H28FN3O2/c1-5-22(6-2)13-9-10-14(3)20-18(24-4)21-17(23)15-11-7-8-12-16(15)19/h7-8,11-12,14H,5-6,9-10,13H2,1-4H3,(H,20,21,23)/t14-/m1/s1. The topological polar surface area (TPSA) is 53.9 Å². The molecule has 134 valence electrons. The molecule has 0 saturated heterocycles. The third kappa shape index (κ3) is 6.66. The highest BCUT2D eigenvalue weighted by Gasteiger charge is 2.14. The van der Waals surface area contributed by atoms with Crippen LogP contribution in [0, 0.1) is 5.82 Å². The summed E-state index contributed by atoms with van der Waals surface area (Å²) in [4.78, 5) is 18.8. The summed E-state index contributed by atoms with van der Waals surface area (Å²) < 4.78 is 18.7. The van der Waals surface area contributed by atoms with Crippen molar-refractivity contribution < 1.29 is 13.9 Å². The van der Waals surface area contributed by atoms with Gasteiger partial charge in [-0.05, 0) is 51.5 Å². The van der Waals surface area contributed by atoms with Crippen molar-refractivity contribution in [2.45, 2.75) is 39.7 Å². The van der Waals surface area contributed by atoms with Crippen molar-refractivity contribution in [3.63, 3.8) is 0 Å². The third-order valence-electron chi connectivity index (χ3n) is 3.86. The Morgan fingerprint density at radius 2 is 2.00 bits per heavy atom. The minimum atomic E-state index is -0.572. The molecule has 1 rings (SSSR count). The zero-order valence-corrected chi connectivity index (χ0v) is 15.0. The zero-order chi connectivity index (χ0) is 17.9. The summed E-state index contributed by atoms with van der Waals surface area (Å²) in [5, 5.41) is 2.51. The highest BCUT2D eigenvalue weighted by Crippen LogP contribution is 2.07. The van der Waals surface area contributed by atoms with Crippen molar-refractivity contribution in [3.8, 4) is 0 Å². The highest BCUT2D eigenvalue weighted by molar-refractivity contribution is 6.04. The van der Waals surface area contributed by atoms with E-state index >= 15 is 0 Å². The maximum atomic E-state index is 13.6. The Kier molecular flexibility index (Phi) is 9.01. The number of hydrogen-bond acceptors (Lipinski definition) is 4. The fourth-order valence-electron chi connectivity index (χ4n) is 2.36. The Bertz CT molecular complexity index is 545. The van der Waals surface area contributed by atoms with Gasteiger partial charge < -0.3 is 9.64 Å². The van der Waals surface area contributed by atoms with Crippen molar-refractivity contribution in [2.24, 2.45) is 4.99 Å². The number of nitrogens with zero attached hydrogens (tertiary/aromatic N) is 2. The molecule has 0 aliphatic carbocycles. The summed E-state index contributed by atoms with van der Waals surface area (Å²) in [5.41, 5.74) is -0.0311. The number of ether oxygens (including phenoxy) is 1. The molecule has 0 saturated carbocycles. The quantitative estimate of drug-likeness (QED) is 0.586. The first-order valence-corrected chi connectivity index (χ1v) is 8.41. The number of carbonyl (C=O) groups is 1. The highest BCUT2D eigenvalue weighted by atomic mass is 19.1. The van der Waals surface area contributed by atoms with Crippen LogP contribution in [0.1, 0.15) is 44.0 Å². The first kappa shape index (κ1) is 20.1. The lowest BCUT2D eigenvalue weighted by Crippen LogP contribution is -2.33. The Morgan fingerprint density at radius 3 is 2.58 bits per heavy atom. The van der Waals surface area contributed by atoms with Gasteiger partial charge in [0.15, 0.2) is 0 Å². The second-order valence-corrected chi connectivity index (χ2v) is 5.59. The van der Waals surface area contributed by atoms with E-state index in [1.807, 2.05) is 6.92 Å². The Balaban J connectivity index is 2.56. The van der Waals surface area contributed by atoms with Gasteiger partial charge in [-0.25, -0.2) is 9.38 Å². The summed E-state index contributed by atoms with van der Waals surface area (Å²) in [6.45, 7) is 9.36. The van der Waals surface area contributed by atoms with Gasteiger partial charge >= 0.3 is 0 Å². The predicted molar refractivity (Wildman–Crippen MR) is 94.8 cm³/mol. The molecule has 1 atom stereocenters. The van der Waals surface area contributed by atoms with Crippen LogP contribution >= 0.6 is 0 Å². The van der Waals surface area contributed by atoms with E-state index in [1.165, 1.54) is 25.3 Å². The second kappa shape index (κ2) is 10.8. The van der Waals surface area contributed by atoms with Crippen molar-refractivity contribution in [2.75, 3.05) is 26.7 Å². The summed E-state index contributed by atoms with van der Waals surface area (Å²) in [6.07, 6.45) is 1.91. The van der Waals surface area contributed by atoms with E-state index in [0.29, 0.717) is 0 Å². The number of rotatable bonds is 8. The number of amidine groups is 1. The lowest BCUT2D eigenvalue weighted by atomic mass is 10.2. The monoisotopic (exact) mass is 337 g/mol. The number of hydrogen-bond donors (Lipinski definition) is 1. The molecule has 1 aromatic rings. The first-order valence-electron chi connectivity index (χ1n) is 8.41. The average Bonchev–Trinajstić information content (AvgIpc) is 2.58. The second-order valence-electron chi connectivity index (χ2n) is 5.59. The number of carbonyl (C=O) groups excluding carboxylic acids is 1.